The molecule has 2 aromatic rings. The lowest BCUT2D eigenvalue weighted by atomic mass is 10.1. The first-order valence-electron chi connectivity index (χ1n) is 7.81. The van der Waals surface area contributed by atoms with E-state index in [-0.39, 0.29) is 18.9 Å². The zero-order chi connectivity index (χ0) is 16.5. The molecule has 0 bridgehead atoms. The van der Waals surface area contributed by atoms with E-state index < -0.39 is 6.10 Å². The first kappa shape index (κ1) is 17.0. The van der Waals surface area contributed by atoms with Crippen LogP contribution in [-0.4, -0.2) is 30.3 Å². The molecule has 0 heterocycles. The minimum atomic E-state index is -0.584. The summed E-state index contributed by atoms with van der Waals surface area (Å²) in [7, 11) is 0. The molecule has 1 amide bonds. The van der Waals surface area contributed by atoms with Crippen LogP contribution in [0.15, 0.2) is 54.6 Å². The van der Waals surface area contributed by atoms with Crippen molar-refractivity contribution in [2.24, 2.45) is 0 Å². The van der Waals surface area contributed by atoms with Gasteiger partial charge in [0.05, 0.1) is 19.1 Å². The largest absolute Gasteiger partial charge is 0.493 e. The molecule has 0 aliphatic heterocycles. The van der Waals surface area contributed by atoms with Crippen molar-refractivity contribution in [3.63, 3.8) is 0 Å². The highest BCUT2D eigenvalue weighted by molar-refractivity contribution is 5.76. The maximum atomic E-state index is 11.8. The Kier molecular flexibility index (Phi) is 6.63. The maximum absolute atomic E-state index is 11.8. The second kappa shape index (κ2) is 8.96. The zero-order valence-electron chi connectivity index (χ0n) is 13.4. The van der Waals surface area contributed by atoms with E-state index in [1.54, 1.807) is 0 Å². The fraction of sp³-hybridized carbons (Fsp3) is 0.316. The van der Waals surface area contributed by atoms with Crippen molar-refractivity contribution >= 4 is 5.91 Å². The van der Waals surface area contributed by atoms with Crippen LogP contribution in [0.25, 0.3) is 0 Å². The summed E-state index contributed by atoms with van der Waals surface area (Å²) in [4.78, 5) is 11.8. The quantitative estimate of drug-likeness (QED) is 0.787. The molecule has 23 heavy (non-hydrogen) atoms. The highest BCUT2D eigenvalue weighted by atomic mass is 16.5. The van der Waals surface area contributed by atoms with Gasteiger partial charge >= 0.3 is 0 Å². The van der Waals surface area contributed by atoms with Gasteiger partial charge < -0.3 is 15.2 Å². The van der Waals surface area contributed by atoms with Crippen molar-refractivity contribution in [3.8, 4) is 5.75 Å². The molecule has 2 N–H and O–H groups in total. The highest BCUT2D eigenvalue weighted by Crippen LogP contribution is 2.12. The van der Waals surface area contributed by atoms with Gasteiger partial charge in [-0.25, -0.2) is 0 Å². The van der Waals surface area contributed by atoms with Gasteiger partial charge in [0.25, 0.3) is 0 Å². The van der Waals surface area contributed by atoms with E-state index in [0.717, 1.165) is 16.9 Å². The minimum absolute atomic E-state index is 0.121. The van der Waals surface area contributed by atoms with E-state index in [4.69, 9.17) is 4.74 Å². The molecule has 4 heteroatoms. The number of ether oxygens (including phenoxy) is 1. The van der Waals surface area contributed by atoms with Crippen molar-refractivity contribution < 1.29 is 14.6 Å². The Bertz CT molecular complexity index is 613. The van der Waals surface area contributed by atoms with Crippen molar-refractivity contribution in [3.05, 3.63) is 65.7 Å². The lowest BCUT2D eigenvalue weighted by molar-refractivity contribution is -0.122. The van der Waals surface area contributed by atoms with Crippen LogP contribution in [0.3, 0.4) is 0 Å². The van der Waals surface area contributed by atoms with Crippen molar-refractivity contribution in [1.82, 2.24) is 5.32 Å². The molecule has 0 radical (unpaired) electrons. The Morgan fingerprint density at radius 1 is 1.17 bits per heavy atom. The molecular weight excluding hydrogens is 290 g/mol. The van der Waals surface area contributed by atoms with Crippen LogP contribution in [0.5, 0.6) is 5.75 Å². The average molecular weight is 313 g/mol. The number of hydrogen-bond donors (Lipinski definition) is 2. The van der Waals surface area contributed by atoms with E-state index in [2.05, 4.69) is 5.32 Å². The lowest BCUT2D eigenvalue weighted by Gasteiger charge is -2.12. The number of aliphatic hydroxyl groups excluding tert-OH is 1. The number of aryl methyl sites for hydroxylation is 1. The summed E-state index contributed by atoms with van der Waals surface area (Å²) in [6.45, 7) is 2.57. The molecule has 4 nitrogen and oxygen atoms in total. The summed E-state index contributed by atoms with van der Waals surface area (Å²) in [5.74, 6) is 0.645. The fourth-order valence-electron chi connectivity index (χ4n) is 2.25. The van der Waals surface area contributed by atoms with Crippen LogP contribution >= 0.6 is 0 Å². The van der Waals surface area contributed by atoms with Gasteiger partial charge in [0.2, 0.25) is 5.91 Å². The lowest BCUT2D eigenvalue weighted by Crippen LogP contribution is -2.33. The van der Waals surface area contributed by atoms with Gasteiger partial charge in [-0.05, 0) is 30.2 Å². The first-order valence-corrected chi connectivity index (χ1v) is 7.81. The Morgan fingerprint density at radius 3 is 2.70 bits per heavy atom. The second-order valence-electron chi connectivity index (χ2n) is 5.56. The van der Waals surface area contributed by atoms with E-state index in [9.17, 15) is 9.90 Å². The summed E-state index contributed by atoms with van der Waals surface area (Å²) in [6, 6.07) is 17.4. The molecule has 0 aliphatic carbocycles. The Balaban J connectivity index is 1.63. The van der Waals surface area contributed by atoms with Crippen LogP contribution in [-0.2, 0) is 11.2 Å². The molecule has 0 spiro atoms. The molecule has 122 valence electrons. The third kappa shape index (κ3) is 6.53. The van der Waals surface area contributed by atoms with Gasteiger partial charge in [-0.15, -0.1) is 0 Å². The number of rotatable bonds is 8. The number of carbonyl (C=O) groups excluding carboxylic acids is 1. The number of carbonyl (C=O) groups is 1. The van der Waals surface area contributed by atoms with Gasteiger partial charge in [0, 0.05) is 13.0 Å². The molecule has 1 unspecified atom stereocenters. The van der Waals surface area contributed by atoms with Gasteiger partial charge in [-0.3, -0.25) is 4.79 Å². The predicted molar refractivity (Wildman–Crippen MR) is 90.5 cm³/mol. The van der Waals surface area contributed by atoms with Crippen molar-refractivity contribution in [2.45, 2.75) is 25.9 Å². The molecule has 0 saturated carbocycles. The van der Waals surface area contributed by atoms with Gasteiger partial charge in [-0.2, -0.15) is 0 Å². The summed E-state index contributed by atoms with van der Waals surface area (Å²) in [5, 5.41) is 12.7. The van der Waals surface area contributed by atoms with Crippen LogP contribution in [0, 0.1) is 6.92 Å². The average Bonchev–Trinajstić information content (AvgIpc) is 2.54. The maximum Gasteiger partial charge on any atom is 0.223 e. The van der Waals surface area contributed by atoms with Crippen LogP contribution in [0.2, 0.25) is 0 Å². The third-order valence-corrected chi connectivity index (χ3v) is 3.44. The Morgan fingerprint density at radius 2 is 1.96 bits per heavy atom. The van der Waals surface area contributed by atoms with Gasteiger partial charge in [0.15, 0.2) is 0 Å². The van der Waals surface area contributed by atoms with Gasteiger partial charge in [0.1, 0.15) is 5.75 Å². The van der Waals surface area contributed by atoms with E-state index >= 15 is 0 Å². The monoisotopic (exact) mass is 313 g/mol. The number of nitrogens with one attached hydrogen (secondary N) is 1. The first-order chi connectivity index (χ1) is 11.1. The number of hydrogen-bond acceptors (Lipinski definition) is 3. The summed E-state index contributed by atoms with van der Waals surface area (Å²) >= 11 is 0. The highest BCUT2D eigenvalue weighted by Gasteiger charge is 2.08. The Labute approximate surface area is 137 Å². The van der Waals surface area contributed by atoms with Crippen molar-refractivity contribution in [1.29, 1.82) is 0 Å². The topological polar surface area (TPSA) is 58.6 Å². The molecule has 0 saturated heterocycles. The molecule has 1 atom stereocenters. The van der Waals surface area contributed by atoms with E-state index in [1.165, 1.54) is 0 Å². The third-order valence-electron chi connectivity index (χ3n) is 3.44. The number of benzene rings is 2. The van der Waals surface area contributed by atoms with Gasteiger partial charge in [-0.1, -0.05) is 42.5 Å². The zero-order valence-corrected chi connectivity index (χ0v) is 13.4. The molecule has 2 aromatic carbocycles. The molecule has 0 aromatic heterocycles. The predicted octanol–water partition coefficient (Wildman–Crippen LogP) is 2.48. The van der Waals surface area contributed by atoms with Crippen molar-refractivity contribution in [2.75, 3.05) is 13.2 Å². The molecule has 0 aliphatic rings. The van der Waals surface area contributed by atoms with E-state index in [0.29, 0.717) is 13.0 Å². The van der Waals surface area contributed by atoms with Crippen LogP contribution in [0.1, 0.15) is 17.5 Å². The summed E-state index contributed by atoms with van der Waals surface area (Å²) in [6.07, 6.45) is 0.214. The number of amides is 1. The minimum Gasteiger partial charge on any atom is -0.493 e. The summed E-state index contributed by atoms with van der Waals surface area (Å²) < 4.78 is 5.54. The smallest absolute Gasteiger partial charge is 0.223 e. The normalized spacial score (nSPS) is 11.7. The Hall–Kier alpha value is -2.33. The number of aliphatic hydroxyl groups is 1. The second-order valence-corrected chi connectivity index (χ2v) is 5.56. The standard InChI is InChI=1S/C19H23NO3/c1-15-6-5-9-18(12-15)23-11-10-19(22)20-14-17(21)13-16-7-3-2-4-8-16/h2-9,12,17,21H,10-11,13-14H2,1H3,(H,20,22). The van der Waals surface area contributed by atoms with E-state index in [1.807, 2.05) is 61.5 Å². The molecule has 2 rings (SSSR count). The van der Waals surface area contributed by atoms with Crippen LogP contribution in [0.4, 0.5) is 0 Å². The van der Waals surface area contributed by atoms with Crippen LogP contribution < -0.4 is 10.1 Å². The molecular formula is C19H23NO3. The fourth-order valence-corrected chi connectivity index (χ4v) is 2.25. The summed E-state index contributed by atoms with van der Waals surface area (Å²) in [5.41, 5.74) is 2.17. The SMILES string of the molecule is Cc1cccc(OCCC(=O)NCC(O)Cc2ccccc2)c1. The molecule has 0 fully saturated rings.